The lowest BCUT2D eigenvalue weighted by molar-refractivity contribution is -0.384. The number of thioether (sulfide) groups is 1. The number of rotatable bonds is 7. The van der Waals surface area contributed by atoms with E-state index in [1.807, 2.05) is 68.4 Å². The predicted octanol–water partition coefficient (Wildman–Crippen LogP) is 4.63. The maximum absolute atomic E-state index is 14.0. The van der Waals surface area contributed by atoms with Crippen LogP contribution >= 0.6 is 23.1 Å². The minimum Gasteiger partial charge on any atom is -0.378 e. The molecule has 4 aromatic rings. The van der Waals surface area contributed by atoms with Crippen LogP contribution in [0.2, 0.25) is 0 Å². The van der Waals surface area contributed by atoms with Gasteiger partial charge in [-0.2, -0.15) is 0 Å². The van der Waals surface area contributed by atoms with Gasteiger partial charge in [-0.3, -0.25) is 33.9 Å². The van der Waals surface area contributed by atoms with Crippen molar-refractivity contribution in [2.45, 2.75) is 29.7 Å². The Morgan fingerprint density at radius 2 is 1.70 bits per heavy atom. The molecule has 13 heteroatoms. The molecule has 2 aliphatic rings. The lowest BCUT2D eigenvalue weighted by Gasteiger charge is -2.31. The normalized spacial score (nSPS) is 19.0. The zero-order valence-corrected chi connectivity index (χ0v) is 25.6. The summed E-state index contributed by atoms with van der Waals surface area (Å²) in [5.74, 6) is -2.76. The second kappa shape index (κ2) is 11.4. The Morgan fingerprint density at radius 1 is 1.00 bits per heavy atom. The molecular formula is C31H27N5O6S2. The van der Waals surface area contributed by atoms with E-state index in [1.54, 1.807) is 6.07 Å². The Bertz CT molecular complexity index is 1870. The predicted molar refractivity (Wildman–Crippen MR) is 170 cm³/mol. The number of carbonyl (C=O) groups is 3. The Balaban J connectivity index is 1.40. The molecular weight excluding hydrogens is 603 g/mol. The zero-order valence-electron chi connectivity index (χ0n) is 23.9. The van der Waals surface area contributed by atoms with Crippen molar-refractivity contribution in [3.8, 4) is 0 Å². The van der Waals surface area contributed by atoms with Gasteiger partial charge in [0, 0.05) is 48.4 Å². The van der Waals surface area contributed by atoms with E-state index in [1.165, 1.54) is 28.8 Å². The van der Waals surface area contributed by atoms with E-state index in [4.69, 9.17) is 0 Å². The summed E-state index contributed by atoms with van der Waals surface area (Å²) < 4.78 is 1.37. The van der Waals surface area contributed by atoms with Gasteiger partial charge < -0.3 is 10.2 Å². The van der Waals surface area contributed by atoms with Gasteiger partial charge >= 0.3 is 4.87 Å². The highest BCUT2D eigenvalue weighted by Crippen LogP contribution is 2.54. The summed E-state index contributed by atoms with van der Waals surface area (Å²) in [7, 11) is 3.82. The van der Waals surface area contributed by atoms with Crippen LogP contribution in [-0.2, 0) is 20.9 Å². The topological polar surface area (TPSA) is 135 Å². The summed E-state index contributed by atoms with van der Waals surface area (Å²) in [6.07, 6.45) is 0. The van der Waals surface area contributed by atoms with E-state index in [-0.39, 0.29) is 22.8 Å². The largest absolute Gasteiger partial charge is 0.378 e. The monoisotopic (exact) mass is 629 g/mol. The number of nitrogens with zero attached hydrogens (tertiary/aromatic N) is 4. The summed E-state index contributed by atoms with van der Waals surface area (Å²) in [6.45, 7) is 1.65. The van der Waals surface area contributed by atoms with Crippen molar-refractivity contribution in [1.29, 1.82) is 0 Å². The highest BCUT2D eigenvalue weighted by atomic mass is 32.2. The van der Waals surface area contributed by atoms with Gasteiger partial charge in [0.15, 0.2) is 0 Å². The number of benzene rings is 3. The van der Waals surface area contributed by atoms with Crippen LogP contribution in [0.25, 0.3) is 0 Å². The third kappa shape index (κ3) is 5.18. The Morgan fingerprint density at radius 3 is 2.34 bits per heavy atom. The molecule has 1 saturated heterocycles. The first-order chi connectivity index (χ1) is 21.0. The fraction of sp³-hybridized carbons (Fsp3) is 0.226. The van der Waals surface area contributed by atoms with Crippen molar-refractivity contribution >= 4 is 63.6 Å². The molecule has 0 radical (unpaired) electrons. The van der Waals surface area contributed by atoms with Gasteiger partial charge in [0.1, 0.15) is 11.8 Å². The number of aromatic nitrogens is 1. The van der Waals surface area contributed by atoms with Crippen LogP contribution < -0.4 is 20.0 Å². The summed E-state index contributed by atoms with van der Waals surface area (Å²) in [4.78, 5) is 68.3. The van der Waals surface area contributed by atoms with Gasteiger partial charge in [-0.05, 0) is 54.4 Å². The van der Waals surface area contributed by atoms with Gasteiger partial charge in [0.05, 0.1) is 21.6 Å². The summed E-state index contributed by atoms with van der Waals surface area (Å²) in [5, 5.41) is 13.6. The zero-order chi connectivity index (χ0) is 31.3. The highest BCUT2D eigenvalue weighted by molar-refractivity contribution is 8.00. The van der Waals surface area contributed by atoms with E-state index < -0.39 is 39.7 Å². The molecule has 1 aromatic heterocycles. The van der Waals surface area contributed by atoms with Gasteiger partial charge in [-0.15, -0.1) is 0 Å². The third-order valence-electron chi connectivity index (χ3n) is 7.74. The molecule has 0 spiro atoms. The number of anilines is 3. The van der Waals surface area contributed by atoms with Gasteiger partial charge in [-0.1, -0.05) is 47.4 Å². The van der Waals surface area contributed by atoms with Crippen molar-refractivity contribution in [1.82, 2.24) is 4.57 Å². The van der Waals surface area contributed by atoms with Crippen molar-refractivity contribution in [2.75, 3.05) is 29.2 Å². The van der Waals surface area contributed by atoms with Crippen LogP contribution in [0.15, 0.2) is 82.6 Å². The maximum Gasteiger partial charge on any atom is 0.308 e. The van der Waals surface area contributed by atoms with Gasteiger partial charge in [0.2, 0.25) is 17.7 Å². The average molecular weight is 630 g/mol. The number of nitro benzene ring substituents is 1. The molecule has 6 rings (SSSR count). The van der Waals surface area contributed by atoms with Gasteiger partial charge in [-0.25, -0.2) is 4.90 Å². The quantitative estimate of drug-likeness (QED) is 0.178. The molecule has 3 heterocycles. The van der Waals surface area contributed by atoms with Gasteiger partial charge in [0.25, 0.3) is 5.69 Å². The number of nitro groups is 1. The number of fused-ring (bicyclic) bond motifs is 2. The van der Waals surface area contributed by atoms with Crippen LogP contribution in [0.3, 0.4) is 0 Å². The number of hydrogen-bond donors (Lipinski definition) is 1. The number of amides is 3. The second-order valence-electron chi connectivity index (χ2n) is 10.9. The summed E-state index contributed by atoms with van der Waals surface area (Å²) >= 11 is 2.09. The fourth-order valence-corrected chi connectivity index (χ4v) is 8.41. The molecule has 2 aliphatic heterocycles. The van der Waals surface area contributed by atoms with Crippen molar-refractivity contribution in [2.24, 2.45) is 5.92 Å². The first-order valence-corrected chi connectivity index (χ1v) is 15.4. The lowest BCUT2D eigenvalue weighted by Crippen LogP contribution is -2.33. The fourth-order valence-electron chi connectivity index (χ4n) is 5.64. The van der Waals surface area contributed by atoms with Crippen LogP contribution in [0, 0.1) is 23.0 Å². The number of hydrogen-bond acceptors (Lipinski definition) is 9. The number of aryl methyl sites for hydroxylation is 1. The molecule has 0 bridgehead atoms. The molecule has 0 saturated carbocycles. The molecule has 3 atom stereocenters. The molecule has 0 aliphatic carbocycles. The van der Waals surface area contributed by atoms with Crippen molar-refractivity contribution in [3.05, 3.63) is 109 Å². The van der Waals surface area contributed by atoms with E-state index in [2.05, 4.69) is 5.32 Å². The van der Waals surface area contributed by atoms with Crippen LogP contribution in [0.5, 0.6) is 0 Å². The standard InChI is InChI=1S/C31H27N5O6S2/c1-17-5-4-6-19(15-17)32-23(37)16-34-30-27(44-31(34)40)24(18-7-9-20(10-8-18)33(2)3)25-26(43-30)29(39)35(28(25)38)21-11-13-22(14-12-21)36(41)42/h4-15,24-26H,16H2,1-3H3,(H,32,37)/t24-,25-,26+/m0/s1. The molecule has 1 N–H and O–H groups in total. The number of thiazole rings is 1. The summed E-state index contributed by atoms with van der Waals surface area (Å²) in [5.41, 5.74) is 3.36. The lowest BCUT2D eigenvalue weighted by atomic mass is 9.83. The van der Waals surface area contributed by atoms with E-state index >= 15 is 0 Å². The van der Waals surface area contributed by atoms with Crippen LogP contribution in [0.1, 0.15) is 21.9 Å². The first-order valence-electron chi connectivity index (χ1n) is 13.7. The van der Waals surface area contributed by atoms with Crippen LogP contribution in [0.4, 0.5) is 22.7 Å². The molecule has 3 aromatic carbocycles. The number of nitrogens with one attached hydrogen (secondary N) is 1. The van der Waals surface area contributed by atoms with E-state index in [0.29, 0.717) is 15.6 Å². The Labute approximate surface area is 260 Å². The minimum atomic E-state index is -0.871. The highest BCUT2D eigenvalue weighted by Gasteiger charge is 2.56. The van der Waals surface area contributed by atoms with Crippen LogP contribution in [-0.4, -0.2) is 46.6 Å². The molecule has 224 valence electrons. The van der Waals surface area contributed by atoms with Crippen molar-refractivity contribution in [3.63, 3.8) is 0 Å². The average Bonchev–Trinajstić information content (AvgIpc) is 3.43. The van der Waals surface area contributed by atoms with E-state index in [0.717, 1.165) is 44.8 Å². The third-order valence-corrected chi connectivity index (χ3v) is 10.3. The Kier molecular flexibility index (Phi) is 7.59. The first kappa shape index (κ1) is 29.3. The number of imide groups is 1. The smallest absolute Gasteiger partial charge is 0.308 e. The minimum absolute atomic E-state index is 0.159. The van der Waals surface area contributed by atoms with E-state index in [9.17, 15) is 29.3 Å². The van der Waals surface area contributed by atoms with Crippen molar-refractivity contribution < 1.29 is 19.3 Å². The second-order valence-corrected chi connectivity index (χ2v) is 13.0. The molecule has 3 amide bonds. The molecule has 1 fully saturated rings. The number of non-ortho nitro benzene ring substituents is 1. The summed E-state index contributed by atoms with van der Waals surface area (Å²) in [6, 6.07) is 20.2. The molecule has 44 heavy (non-hydrogen) atoms. The molecule has 0 unspecified atom stereocenters. The number of carbonyl (C=O) groups excluding carboxylic acids is 3. The Hall–Kier alpha value is -4.75. The SMILES string of the molecule is Cc1cccc(NC(=O)Cn2c3c(sc2=O)[C@@H](c2ccc(N(C)C)cc2)[C@@H]2C(=O)N(c4ccc([N+](=O)[O-])cc4)C(=O)[C@@H]2S3)c1. The maximum atomic E-state index is 14.0. The molecule has 11 nitrogen and oxygen atoms in total.